The molecule has 1 aromatic carbocycles. The number of benzene rings is 1. The third-order valence-corrected chi connectivity index (χ3v) is 3.53. The van der Waals surface area contributed by atoms with E-state index in [9.17, 15) is 13.6 Å². The number of hydrogen-bond acceptors (Lipinski definition) is 4. The number of hydrogen-bond donors (Lipinski definition) is 2. The fourth-order valence-corrected chi connectivity index (χ4v) is 2.63. The zero-order valence-corrected chi connectivity index (χ0v) is 10.5. The van der Waals surface area contributed by atoms with Gasteiger partial charge >= 0.3 is 6.29 Å². The molecule has 0 spiro atoms. The highest BCUT2D eigenvalue weighted by Crippen LogP contribution is 2.44. The summed E-state index contributed by atoms with van der Waals surface area (Å²) in [5.41, 5.74) is 1.49. The topological polar surface area (TPSA) is 76.2 Å². The fraction of sp³-hybridized carbons (Fsp3) is 0.231. The van der Waals surface area contributed by atoms with Gasteiger partial charge in [-0.1, -0.05) is 6.07 Å². The Kier molecular flexibility index (Phi) is 2.27. The number of ether oxygens (including phenoxy) is 2. The molecule has 0 fully saturated rings. The summed E-state index contributed by atoms with van der Waals surface area (Å²) in [5, 5.41) is 9.26. The first-order valence-corrected chi connectivity index (χ1v) is 6.25. The monoisotopic (exact) mass is 293 g/mol. The summed E-state index contributed by atoms with van der Waals surface area (Å²) in [7, 11) is 0. The second kappa shape index (κ2) is 3.94. The van der Waals surface area contributed by atoms with E-state index in [2.05, 4.69) is 25.0 Å². The predicted molar refractivity (Wildman–Crippen MR) is 66.3 cm³/mol. The van der Waals surface area contributed by atoms with Crippen LogP contribution in [0.4, 0.5) is 14.6 Å². The molecular weight excluding hydrogens is 284 g/mol. The van der Waals surface area contributed by atoms with Gasteiger partial charge in [0.2, 0.25) is 5.91 Å². The summed E-state index contributed by atoms with van der Waals surface area (Å²) < 4.78 is 34.9. The number of amides is 1. The van der Waals surface area contributed by atoms with Gasteiger partial charge in [0.05, 0.1) is 6.20 Å². The lowest BCUT2D eigenvalue weighted by Crippen LogP contribution is -2.26. The Hall–Kier alpha value is -2.64. The third-order valence-electron chi connectivity index (χ3n) is 3.53. The molecule has 0 saturated heterocycles. The molecule has 1 atom stereocenters. The molecule has 108 valence electrons. The molecule has 1 amide bonds. The van der Waals surface area contributed by atoms with Crippen molar-refractivity contribution in [1.29, 1.82) is 0 Å². The fourth-order valence-electron chi connectivity index (χ4n) is 2.63. The van der Waals surface area contributed by atoms with Crippen molar-refractivity contribution < 1.29 is 23.0 Å². The zero-order valence-electron chi connectivity index (χ0n) is 10.5. The lowest BCUT2D eigenvalue weighted by molar-refractivity contribution is -0.286. The molecule has 1 aromatic heterocycles. The lowest BCUT2D eigenvalue weighted by Gasteiger charge is -2.22. The van der Waals surface area contributed by atoms with E-state index >= 15 is 0 Å². The highest BCUT2D eigenvalue weighted by molar-refractivity contribution is 5.94. The summed E-state index contributed by atoms with van der Waals surface area (Å²) >= 11 is 0. The highest BCUT2D eigenvalue weighted by Gasteiger charge is 2.43. The number of H-pyrrole nitrogens is 1. The molecule has 2 aliphatic heterocycles. The third kappa shape index (κ3) is 1.91. The van der Waals surface area contributed by atoms with Crippen molar-refractivity contribution in [3.05, 3.63) is 35.5 Å². The van der Waals surface area contributed by atoms with Gasteiger partial charge in [-0.05, 0) is 17.7 Å². The van der Waals surface area contributed by atoms with Gasteiger partial charge in [0.1, 0.15) is 5.82 Å². The Balaban J connectivity index is 1.75. The van der Waals surface area contributed by atoms with Gasteiger partial charge in [0.25, 0.3) is 0 Å². The minimum Gasteiger partial charge on any atom is -0.395 e. The number of fused-ring (bicyclic) bond motifs is 2. The van der Waals surface area contributed by atoms with E-state index in [4.69, 9.17) is 0 Å². The molecule has 2 aromatic rings. The molecule has 4 rings (SSSR count). The van der Waals surface area contributed by atoms with Crippen LogP contribution in [0.2, 0.25) is 0 Å². The maximum Gasteiger partial charge on any atom is 0.586 e. The van der Waals surface area contributed by atoms with Crippen LogP contribution >= 0.6 is 0 Å². The van der Waals surface area contributed by atoms with Gasteiger partial charge in [-0.15, -0.1) is 8.78 Å². The van der Waals surface area contributed by atoms with E-state index in [-0.39, 0.29) is 29.7 Å². The normalized spacial score (nSPS) is 21.8. The average Bonchev–Trinajstić information content (AvgIpc) is 2.98. The number of nitrogens with one attached hydrogen (secondary N) is 2. The van der Waals surface area contributed by atoms with Crippen LogP contribution in [0.5, 0.6) is 11.5 Å². The maximum atomic E-state index is 13.0. The van der Waals surface area contributed by atoms with E-state index in [1.807, 2.05) is 0 Å². The summed E-state index contributed by atoms with van der Waals surface area (Å²) in [4.78, 5) is 11.7. The van der Waals surface area contributed by atoms with Crippen molar-refractivity contribution in [2.24, 2.45) is 0 Å². The van der Waals surface area contributed by atoms with Crippen LogP contribution in [-0.4, -0.2) is 22.4 Å². The first-order valence-electron chi connectivity index (χ1n) is 6.25. The molecule has 3 heterocycles. The summed E-state index contributed by atoms with van der Waals surface area (Å²) in [5.74, 6) is 0.0413. The number of nitrogens with zero attached hydrogens (tertiary/aromatic N) is 1. The molecule has 0 aliphatic carbocycles. The number of aromatic nitrogens is 2. The number of halogens is 2. The molecule has 2 aliphatic rings. The molecule has 21 heavy (non-hydrogen) atoms. The molecule has 0 saturated carbocycles. The molecule has 0 radical (unpaired) electrons. The van der Waals surface area contributed by atoms with E-state index in [1.54, 1.807) is 12.3 Å². The number of aromatic amines is 1. The van der Waals surface area contributed by atoms with E-state index < -0.39 is 6.29 Å². The zero-order chi connectivity index (χ0) is 14.6. The first-order chi connectivity index (χ1) is 10.0. The van der Waals surface area contributed by atoms with Gasteiger partial charge in [0.15, 0.2) is 11.5 Å². The van der Waals surface area contributed by atoms with Gasteiger partial charge in [-0.25, -0.2) is 0 Å². The molecular formula is C13H9F2N3O3. The van der Waals surface area contributed by atoms with Crippen molar-refractivity contribution in [3.8, 4) is 11.5 Å². The average molecular weight is 293 g/mol. The minimum absolute atomic E-state index is 0.0172. The second-order valence-electron chi connectivity index (χ2n) is 4.88. The minimum atomic E-state index is -3.65. The van der Waals surface area contributed by atoms with Gasteiger partial charge in [-0.3, -0.25) is 9.89 Å². The second-order valence-corrected chi connectivity index (χ2v) is 4.88. The Bertz CT molecular complexity index is 744. The van der Waals surface area contributed by atoms with Crippen molar-refractivity contribution in [2.45, 2.75) is 18.6 Å². The molecule has 2 N–H and O–H groups in total. The van der Waals surface area contributed by atoms with Gasteiger partial charge in [0, 0.05) is 17.9 Å². The van der Waals surface area contributed by atoms with Crippen LogP contribution in [0.1, 0.15) is 23.5 Å². The molecule has 0 bridgehead atoms. The molecule has 8 heteroatoms. The van der Waals surface area contributed by atoms with Crippen molar-refractivity contribution >= 4 is 11.7 Å². The van der Waals surface area contributed by atoms with Crippen molar-refractivity contribution in [3.63, 3.8) is 0 Å². The van der Waals surface area contributed by atoms with Crippen molar-refractivity contribution in [1.82, 2.24) is 10.2 Å². The van der Waals surface area contributed by atoms with E-state index in [1.165, 1.54) is 12.1 Å². The van der Waals surface area contributed by atoms with Crippen LogP contribution in [-0.2, 0) is 4.79 Å². The number of anilines is 1. The maximum absolute atomic E-state index is 13.0. The quantitative estimate of drug-likeness (QED) is 0.845. The number of alkyl halides is 2. The van der Waals surface area contributed by atoms with Crippen molar-refractivity contribution in [2.75, 3.05) is 5.32 Å². The Labute approximate surface area is 117 Å². The Morgan fingerprint density at radius 2 is 2.10 bits per heavy atom. The number of rotatable bonds is 1. The number of carbonyl (C=O) groups excluding carboxylic acids is 1. The van der Waals surface area contributed by atoms with E-state index in [0.29, 0.717) is 11.4 Å². The lowest BCUT2D eigenvalue weighted by atomic mass is 9.87. The van der Waals surface area contributed by atoms with Crippen LogP contribution in [0, 0.1) is 0 Å². The molecule has 6 nitrogen and oxygen atoms in total. The van der Waals surface area contributed by atoms with Crippen LogP contribution in [0.15, 0.2) is 24.4 Å². The van der Waals surface area contributed by atoms with E-state index in [0.717, 1.165) is 5.56 Å². The largest absolute Gasteiger partial charge is 0.586 e. The summed E-state index contributed by atoms with van der Waals surface area (Å²) in [6, 6.07) is 4.53. The Morgan fingerprint density at radius 1 is 1.29 bits per heavy atom. The van der Waals surface area contributed by atoms with Gasteiger partial charge < -0.3 is 14.8 Å². The SMILES string of the molecule is O=C1CC(c2ccc3c(c2)OC(F)(F)O3)c2cn[nH]c2N1. The smallest absolute Gasteiger partial charge is 0.395 e. The molecule has 1 unspecified atom stereocenters. The first kappa shape index (κ1) is 12.1. The van der Waals surface area contributed by atoms with Crippen LogP contribution in [0.25, 0.3) is 0 Å². The summed E-state index contributed by atoms with van der Waals surface area (Å²) in [6.45, 7) is 0. The van der Waals surface area contributed by atoms with Crippen LogP contribution < -0.4 is 14.8 Å². The number of carbonyl (C=O) groups is 1. The summed E-state index contributed by atoms with van der Waals surface area (Å²) in [6.07, 6.45) is -1.83. The van der Waals surface area contributed by atoms with Gasteiger partial charge in [-0.2, -0.15) is 5.10 Å². The standard InChI is InChI=1S/C13H9F2N3O3/c14-13(15)20-9-2-1-6(3-10(9)21-13)7-4-11(19)17-12-8(7)5-16-18-12/h1-3,5,7H,4H2,(H2,16,17,18,19). The van der Waals surface area contributed by atoms with Crippen LogP contribution in [0.3, 0.4) is 0 Å². The highest BCUT2D eigenvalue weighted by atomic mass is 19.3. The predicted octanol–water partition coefficient (Wildman–Crippen LogP) is 2.21. The Morgan fingerprint density at radius 3 is 2.95 bits per heavy atom.